The van der Waals surface area contributed by atoms with Crippen molar-refractivity contribution < 1.29 is 14.4 Å². The van der Waals surface area contributed by atoms with E-state index in [0.29, 0.717) is 49.6 Å². The summed E-state index contributed by atoms with van der Waals surface area (Å²) >= 11 is 0. The maximum atomic E-state index is 14.0. The number of amides is 3. The molecule has 1 aliphatic carbocycles. The normalized spacial score (nSPS) is 18.7. The maximum absolute atomic E-state index is 14.0. The molecule has 0 aromatic heterocycles. The van der Waals surface area contributed by atoms with Gasteiger partial charge in [0.2, 0.25) is 12.4 Å². The van der Waals surface area contributed by atoms with Gasteiger partial charge < -0.3 is 25.8 Å². The molecule has 5 rings (SSSR count). The number of carbonyl (C=O) groups is 3. The van der Waals surface area contributed by atoms with Gasteiger partial charge in [0.25, 0.3) is 11.8 Å². The van der Waals surface area contributed by atoms with Gasteiger partial charge in [0.1, 0.15) is 12.7 Å². The van der Waals surface area contributed by atoms with E-state index in [0.717, 1.165) is 58.8 Å². The van der Waals surface area contributed by atoms with Gasteiger partial charge in [-0.25, -0.2) is 9.98 Å². The number of guanidine groups is 1. The third kappa shape index (κ3) is 11.1. The summed E-state index contributed by atoms with van der Waals surface area (Å²) in [6.07, 6.45) is 13.7. The maximum Gasteiger partial charge on any atom is 0.252 e. The molecule has 3 amide bonds. The van der Waals surface area contributed by atoms with E-state index in [1.807, 2.05) is 56.3 Å². The first-order valence-electron chi connectivity index (χ1n) is 18.9. The molecule has 0 fully saturated rings. The van der Waals surface area contributed by atoms with E-state index in [-0.39, 0.29) is 30.4 Å². The van der Waals surface area contributed by atoms with Gasteiger partial charge in [0.05, 0.1) is 17.4 Å². The van der Waals surface area contributed by atoms with E-state index in [2.05, 4.69) is 57.4 Å². The van der Waals surface area contributed by atoms with Crippen LogP contribution in [0.3, 0.4) is 0 Å². The molecule has 2 heterocycles. The zero-order valence-electron chi connectivity index (χ0n) is 32.6. The van der Waals surface area contributed by atoms with E-state index in [9.17, 15) is 14.4 Å². The standard InChI is InChI=1S/C43H53N9O3/c1-7-22-52-39-24-33(16-19-36(39)40(32-12-9-8-10-13-32)50-38(42(52)55)23-29(2)3)41(54)48-34-17-14-30(4)37(25-34)44-20-11-21-45-43(47-27-51(6)28-53)49-35-18-15-31(5)46-26-35/h7-10,12-14,16,19,21,24-26,28-29,34,38,44H,1,11,15,17-18,20,22-23,27H2,2-6H3,(H,47,49)(H,48,54)/b45-21-/t34?,38-/m0/s1. The van der Waals surface area contributed by atoms with Gasteiger partial charge >= 0.3 is 0 Å². The van der Waals surface area contributed by atoms with Crippen molar-refractivity contribution >= 4 is 47.5 Å². The predicted molar refractivity (Wildman–Crippen MR) is 223 cm³/mol. The van der Waals surface area contributed by atoms with Gasteiger partial charge in [0.15, 0.2) is 0 Å². The first kappa shape index (κ1) is 40.3. The number of nitrogens with zero attached hydrogens (tertiary/aromatic N) is 6. The molecule has 2 aromatic rings. The van der Waals surface area contributed by atoms with Crippen LogP contribution in [0.4, 0.5) is 5.69 Å². The van der Waals surface area contributed by atoms with Crippen LogP contribution in [-0.2, 0) is 9.59 Å². The SMILES string of the molecule is C=CCN1C(=O)[C@H](CC(C)C)N=C(c2ccccc2)c2ccc(C(=O)NC3C=C(NCC/C=N\C(=N/CN(C)C=O)NC4=CN=C(C)CC4)C(C)=CC3)cc21. The minimum atomic E-state index is -0.555. The van der Waals surface area contributed by atoms with Crippen LogP contribution in [0, 0.1) is 5.92 Å². The second-order valence-electron chi connectivity index (χ2n) is 14.4. The third-order valence-corrected chi connectivity index (χ3v) is 9.38. The fourth-order valence-corrected chi connectivity index (χ4v) is 6.40. The molecule has 0 saturated heterocycles. The minimum absolute atomic E-state index is 0.105. The van der Waals surface area contributed by atoms with Gasteiger partial charge in [-0.3, -0.25) is 24.4 Å². The summed E-state index contributed by atoms with van der Waals surface area (Å²) < 4.78 is 0. The Morgan fingerprint density at radius 2 is 1.95 bits per heavy atom. The Morgan fingerprint density at radius 1 is 1.15 bits per heavy atom. The van der Waals surface area contributed by atoms with Crippen LogP contribution in [0.5, 0.6) is 0 Å². The monoisotopic (exact) mass is 743 g/mol. The smallest absolute Gasteiger partial charge is 0.252 e. The van der Waals surface area contributed by atoms with Crippen LogP contribution in [0.2, 0.25) is 0 Å². The number of aliphatic imine (C=N–C) groups is 4. The molecule has 288 valence electrons. The first-order valence-corrected chi connectivity index (χ1v) is 18.9. The largest absolute Gasteiger partial charge is 0.385 e. The summed E-state index contributed by atoms with van der Waals surface area (Å²) in [6, 6.07) is 14.6. The second-order valence-corrected chi connectivity index (χ2v) is 14.4. The fourth-order valence-electron chi connectivity index (χ4n) is 6.40. The first-order chi connectivity index (χ1) is 26.6. The molecule has 2 aliphatic heterocycles. The summed E-state index contributed by atoms with van der Waals surface area (Å²) in [5.41, 5.74) is 7.58. The lowest BCUT2D eigenvalue weighted by molar-refractivity contribution is -0.120. The summed E-state index contributed by atoms with van der Waals surface area (Å²) in [7, 11) is 1.66. The van der Waals surface area contributed by atoms with Crippen LogP contribution >= 0.6 is 0 Å². The highest BCUT2D eigenvalue weighted by atomic mass is 16.2. The van der Waals surface area contributed by atoms with Crippen molar-refractivity contribution in [2.24, 2.45) is 25.9 Å². The number of hydrogen-bond acceptors (Lipinski definition) is 7. The number of allylic oxidation sites excluding steroid dienone is 2. The molecular weight excluding hydrogens is 691 g/mol. The number of fused-ring (bicyclic) bond motifs is 1. The highest BCUT2D eigenvalue weighted by Crippen LogP contribution is 2.31. The zero-order chi connectivity index (χ0) is 39.3. The number of nitrogens with one attached hydrogen (secondary N) is 3. The number of benzene rings is 2. The molecule has 3 aliphatic rings. The third-order valence-electron chi connectivity index (χ3n) is 9.38. The molecule has 0 radical (unpaired) electrons. The Morgan fingerprint density at radius 3 is 2.65 bits per heavy atom. The average molecular weight is 744 g/mol. The molecule has 12 heteroatoms. The molecule has 1 unspecified atom stereocenters. The molecule has 0 saturated carbocycles. The van der Waals surface area contributed by atoms with Crippen molar-refractivity contribution in [3.8, 4) is 0 Å². The quantitative estimate of drug-likeness (QED) is 0.0681. The lowest BCUT2D eigenvalue weighted by atomic mass is 9.97. The van der Waals surface area contributed by atoms with Crippen molar-refractivity contribution in [1.29, 1.82) is 0 Å². The van der Waals surface area contributed by atoms with Gasteiger partial charge in [-0.2, -0.15) is 0 Å². The molecular formula is C43H53N9O3. The van der Waals surface area contributed by atoms with Crippen molar-refractivity contribution in [2.75, 3.05) is 31.7 Å². The van der Waals surface area contributed by atoms with Crippen LogP contribution in [0.1, 0.15) is 81.3 Å². The fraction of sp³-hybridized carbons (Fsp3) is 0.372. The van der Waals surface area contributed by atoms with E-state index in [1.165, 1.54) is 4.90 Å². The number of benzodiazepines with no additional fused rings is 1. The van der Waals surface area contributed by atoms with E-state index in [4.69, 9.17) is 4.99 Å². The Labute approximate surface area is 324 Å². The Hall–Kier alpha value is -5.91. The van der Waals surface area contributed by atoms with Gasteiger partial charge in [-0.1, -0.05) is 56.3 Å². The Bertz CT molecular complexity index is 1960. The minimum Gasteiger partial charge on any atom is -0.385 e. The van der Waals surface area contributed by atoms with Crippen molar-refractivity contribution in [3.63, 3.8) is 0 Å². The number of carbonyl (C=O) groups excluding carboxylic acids is 3. The zero-order valence-corrected chi connectivity index (χ0v) is 32.6. The highest BCUT2D eigenvalue weighted by molar-refractivity contribution is 6.20. The number of anilines is 1. The Balaban J connectivity index is 1.28. The number of hydrogen-bond donors (Lipinski definition) is 3. The van der Waals surface area contributed by atoms with Crippen molar-refractivity contribution in [1.82, 2.24) is 20.9 Å². The highest BCUT2D eigenvalue weighted by Gasteiger charge is 2.32. The van der Waals surface area contributed by atoms with Gasteiger partial charge in [-0.15, -0.1) is 6.58 Å². The van der Waals surface area contributed by atoms with Crippen LogP contribution in [0.15, 0.2) is 116 Å². The van der Waals surface area contributed by atoms with Crippen LogP contribution < -0.4 is 20.9 Å². The topological polar surface area (TPSA) is 143 Å². The summed E-state index contributed by atoms with van der Waals surface area (Å²) in [5.74, 6) is 0.341. The van der Waals surface area contributed by atoms with Gasteiger partial charge in [0, 0.05) is 72.8 Å². The van der Waals surface area contributed by atoms with Crippen molar-refractivity contribution in [3.05, 3.63) is 113 Å². The predicted octanol–water partition coefficient (Wildman–Crippen LogP) is 5.94. The lowest BCUT2D eigenvalue weighted by Crippen LogP contribution is -2.39. The molecule has 0 spiro atoms. The summed E-state index contributed by atoms with van der Waals surface area (Å²) in [4.78, 5) is 60.5. The summed E-state index contributed by atoms with van der Waals surface area (Å²) in [6.45, 7) is 13.2. The van der Waals surface area contributed by atoms with E-state index < -0.39 is 6.04 Å². The van der Waals surface area contributed by atoms with Crippen molar-refractivity contribution in [2.45, 2.75) is 71.9 Å². The molecule has 2 aromatic carbocycles. The molecule has 3 N–H and O–H groups in total. The average Bonchev–Trinajstić information content (AvgIpc) is 3.29. The van der Waals surface area contributed by atoms with E-state index >= 15 is 0 Å². The van der Waals surface area contributed by atoms with Crippen LogP contribution in [0.25, 0.3) is 0 Å². The summed E-state index contributed by atoms with van der Waals surface area (Å²) in [5, 5.41) is 9.91. The van der Waals surface area contributed by atoms with Gasteiger partial charge in [-0.05, 0) is 75.3 Å². The Kier molecular flexibility index (Phi) is 14.2. The molecule has 55 heavy (non-hydrogen) atoms. The van der Waals surface area contributed by atoms with E-state index in [1.54, 1.807) is 42.6 Å². The lowest BCUT2D eigenvalue weighted by Gasteiger charge is -2.25. The van der Waals surface area contributed by atoms with Crippen LogP contribution in [-0.4, -0.2) is 85.6 Å². The number of rotatable bonds is 15. The molecule has 0 bridgehead atoms. The molecule has 12 nitrogen and oxygen atoms in total. The second kappa shape index (κ2) is 19.4. The molecule has 2 atom stereocenters.